The monoisotopic (exact) mass is 522 g/mol. The van der Waals surface area contributed by atoms with Crippen molar-refractivity contribution in [2.45, 2.75) is 12.0 Å². The molecule has 2 amide bonds. The third-order valence-corrected chi connectivity index (χ3v) is 6.56. The van der Waals surface area contributed by atoms with E-state index in [0.717, 1.165) is 0 Å². The Balaban J connectivity index is 1.91. The molecule has 1 N–H and O–H groups in total. The maximum atomic E-state index is 14.3. The van der Waals surface area contributed by atoms with E-state index in [4.69, 9.17) is 28.4 Å². The van der Waals surface area contributed by atoms with E-state index in [0.29, 0.717) is 51.4 Å². The Morgan fingerprint density at radius 2 is 1.29 bits per heavy atom. The molecule has 1 atom stereocenters. The third-order valence-electron chi connectivity index (χ3n) is 6.56. The van der Waals surface area contributed by atoms with Crippen molar-refractivity contribution in [2.75, 3.05) is 52.9 Å². The van der Waals surface area contributed by atoms with Gasteiger partial charge in [-0.05, 0) is 42.0 Å². The van der Waals surface area contributed by atoms with Gasteiger partial charge in [0.05, 0.1) is 60.5 Å². The summed E-state index contributed by atoms with van der Waals surface area (Å²) in [5.74, 6) is 1.99. The zero-order valence-corrected chi connectivity index (χ0v) is 22.1. The number of methoxy groups -OCH3 is 6. The van der Waals surface area contributed by atoms with Crippen LogP contribution in [0.5, 0.6) is 34.5 Å². The first kappa shape index (κ1) is 26.5. The number of carbonyl (C=O) groups excluding carboxylic acids is 2. The number of β-lactam (4-membered cyclic amide) rings is 1. The van der Waals surface area contributed by atoms with Crippen molar-refractivity contribution in [3.63, 3.8) is 0 Å². The summed E-state index contributed by atoms with van der Waals surface area (Å²) in [6.07, 6.45) is -0.110. The Bertz CT molecular complexity index is 1360. The number of hydrogen-bond acceptors (Lipinski definition) is 8. The number of nitrogens with one attached hydrogen (secondary N) is 1. The molecule has 1 fully saturated rings. The molecule has 1 unspecified atom stereocenters. The van der Waals surface area contributed by atoms with Gasteiger partial charge in [0.25, 0.3) is 5.91 Å². The van der Waals surface area contributed by atoms with E-state index < -0.39 is 11.4 Å². The highest BCUT2D eigenvalue weighted by Crippen LogP contribution is 2.51. The SMILES string of the molecule is COc1ccc(OC)c(NC(=O)C2(c3ccc(OC)c(OC)c3)CC(=O)N2c2cc(OC)ccc2OC)c1. The van der Waals surface area contributed by atoms with E-state index in [1.54, 1.807) is 54.6 Å². The van der Waals surface area contributed by atoms with Gasteiger partial charge in [-0.2, -0.15) is 0 Å². The van der Waals surface area contributed by atoms with Crippen molar-refractivity contribution < 1.29 is 38.0 Å². The molecule has 10 nitrogen and oxygen atoms in total. The molecule has 0 radical (unpaired) electrons. The van der Waals surface area contributed by atoms with Crippen molar-refractivity contribution >= 4 is 23.2 Å². The van der Waals surface area contributed by atoms with E-state index in [9.17, 15) is 9.59 Å². The lowest BCUT2D eigenvalue weighted by Crippen LogP contribution is -2.67. The van der Waals surface area contributed by atoms with Crippen LogP contribution < -0.4 is 38.6 Å². The molecule has 0 aromatic heterocycles. The summed E-state index contributed by atoms with van der Waals surface area (Å²) >= 11 is 0. The number of carbonyl (C=O) groups is 2. The minimum absolute atomic E-state index is 0.110. The fourth-order valence-electron chi connectivity index (χ4n) is 4.59. The van der Waals surface area contributed by atoms with E-state index in [1.165, 1.54) is 47.6 Å². The largest absolute Gasteiger partial charge is 0.497 e. The first-order valence-electron chi connectivity index (χ1n) is 11.7. The zero-order valence-electron chi connectivity index (χ0n) is 22.1. The zero-order chi connectivity index (χ0) is 27.4. The summed E-state index contributed by atoms with van der Waals surface area (Å²) in [7, 11) is 9.07. The van der Waals surface area contributed by atoms with Crippen molar-refractivity contribution in [1.82, 2.24) is 0 Å². The molecule has 3 aromatic rings. The standard InChI is InChI=1S/C28H30N2O8/c1-33-18-8-11-22(35-3)20(14-18)29-27(32)28(17-7-10-24(37-5)25(13-17)38-6)16-26(31)30(28)21-15-19(34-2)9-12-23(21)36-4/h7-15H,16H2,1-6H3,(H,29,32). The number of benzene rings is 3. The number of amides is 2. The Morgan fingerprint density at radius 3 is 1.87 bits per heavy atom. The summed E-state index contributed by atoms with van der Waals surface area (Å²) < 4.78 is 32.7. The third kappa shape index (κ3) is 4.38. The average Bonchev–Trinajstić information content (AvgIpc) is 2.94. The summed E-state index contributed by atoms with van der Waals surface area (Å²) in [6.45, 7) is 0. The average molecular weight is 523 g/mol. The van der Waals surface area contributed by atoms with Gasteiger partial charge in [-0.3, -0.25) is 14.5 Å². The molecular formula is C28H30N2O8. The normalized spacial score (nSPS) is 16.3. The van der Waals surface area contributed by atoms with Crippen molar-refractivity contribution in [2.24, 2.45) is 0 Å². The second kappa shape index (κ2) is 10.8. The van der Waals surface area contributed by atoms with Gasteiger partial charge >= 0.3 is 0 Å². The molecule has 4 rings (SSSR count). The summed E-state index contributed by atoms with van der Waals surface area (Å²) in [6, 6.07) is 15.2. The Morgan fingerprint density at radius 1 is 0.711 bits per heavy atom. The summed E-state index contributed by atoms with van der Waals surface area (Å²) in [4.78, 5) is 29.0. The van der Waals surface area contributed by atoms with Crippen LogP contribution in [0.15, 0.2) is 54.6 Å². The van der Waals surface area contributed by atoms with Gasteiger partial charge in [0.2, 0.25) is 5.91 Å². The fourth-order valence-corrected chi connectivity index (χ4v) is 4.59. The predicted molar refractivity (Wildman–Crippen MR) is 141 cm³/mol. The van der Waals surface area contributed by atoms with Gasteiger partial charge in [-0.1, -0.05) is 6.07 Å². The lowest BCUT2D eigenvalue weighted by molar-refractivity contribution is -0.137. The van der Waals surface area contributed by atoms with Crippen molar-refractivity contribution in [3.05, 3.63) is 60.2 Å². The quantitative estimate of drug-likeness (QED) is 0.399. The van der Waals surface area contributed by atoms with Gasteiger partial charge in [-0.25, -0.2) is 0 Å². The van der Waals surface area contributed by atoms with Gasteiger partial charge in [-0.15, -0.1) is 0 Å². The van der Waals surface area contributed by atoms with Gasteiger partial charge in [0.1, 0.15) is 23.0 Å². The number of rotatable bonds is 10. The van der Waals surface area contributed by atoms with Crippen LogP contribution >= 0.6 is 0 Å². The van der Waals surface area contributed by atoms with Crippen LogP contribution in [0.2, 0.25) is 0 Å². The summed E-state index contributed by atoms with van der Waals surface area (Å²) in [5, 5.41) is 2.95. The van der Waals surface area contributed by atoms with Crippen LogP contribution in [-0.2, 0) is 15.1 Å². The Labute approximate surface area is 221 Å². The topological polar surface area (TPSA) is 105 Å². The Hall–Kier alpha value is -4.60. The number of hydrogen-bond donors (Lipinski definition) is 1. The molecular weight excluding hydrogens is 492 g/mol. The lowest BCUT2D eigenvalue weighted by Gasteiger charge is -2.51. The van der Waals surface area contributed by atoms with Gasteiger partial charge < -0.3 is 33.7 Å². The molecule has 1 heterocycles. The molecule has 0 bridgehead atoms. The number of ether oxygens (including phenoxy) is 6. The molecule has 38 heavy (non-hydrogen) atoms. The lowest BCUT2D eigenvalue weighted by atomic mass is 9.75. The highest BCUT2D eigenvalue weighted by atomic mass is 16.5. The maximum absolute atomic E-state index is 14.3. The van der Waals surface area contributed by atoms with E-state index in [-0.39, 0.29) is 12.3 Å². The second-order valence-electron chi connectivity index (χ2n) is 8.39. The van der Waals surface area contributed by atoms with Crippen LogP contribution in [-0.4, -0.2) is 54.5 Å². The molecule has 200 valence electrons. The van der Waals surface area contributed by atoms with Crippen LogP contribution in [0.4, 0.5) is 11.4 Å². The molecule has 0 aliphatic carbocycles. The van der Waals surface area contributed by atoms with E-state index in [1.807, 2.05) is 0 Å². The molecule has 1 aliphatic rings. The van der Waals surface area contributed by atoms with Gasteiger partial charge in [0.15, 0.2) is 17.0 Å². The highest BCUT2D eigenvalue weighted by Gasteiger charge is 2.59. The minimum atomic E-state index is -1.47. The van der Waals surface area contributed by atoms with E-state index >= 15 is 0 Å². The predicted octanol–water partition coefficient (Wildman–Crippen LogP) is 4.01. The first-order valence-corrected chi connectivity index (χ1v) is 11.7. The van der Waals surface area contributed by atoms with E-state index in [2.05, 4.69) is 5.32 Å². The summed E-state index contributed by atoms with van der Waals surface area (Å²) in [5.41, 5.74) is -0.192. The number of nitrogens with zero attached hydrogens (tertiary/aromatic N) is 1. The van der Waals surface area contributed by atoms with Crippen LogP contribution in [0.25, 0.3) is 0 Å². The Kier molecular flexibility index (Phi) is 7.52. The smallest absolute Gasteiger partial charge is 0.256 e. The van der Waals surface area contributed by atoms with Crippen molar-refractivity contribution in [1.29, 1.82) is 0 Å². The molecule has 0 spiro atoms. The fraction of sp³-hybridized carbons (Fsp3) is 0.286. The molecule has 10 heteroatoms. The van der Waals surface area contributed by atoms with Crippen LogP contribution in [0.3, 0.4) is 0 Å². The maximum Gasteiger partial charge on any atom is 0.256 e. The first-order chi connectivity index (χ1) is 18.4. The van der Waals surface area contributed by atoms with Crippen LogP contribution in [0.1, 0.15) is 12.0 Å². The second-order valence-corrected chi connectivity index (χ2v) is 8.39. The molecule has 1 saturated heterocycles. The van der Waals surface area contributed by atoms with Crippen LogP contribution in [0, 0.1) is 0 Å². The highest BCUT2D eigenvalue weighted by molar-refractivity contribution is 6.18. The minimum Gasteiger partial charge on any atom is -0.497 e. The molecule has 0 saturated carbocycles. The number of anilines is 2. The molecule has 3 aromatic carbocycles. The molecule has 1 aliphatic heterocycles. The van der Waals surface area contributed by atoms with Gasteiger partial charge in [0, 0.05) is 12.1 Å². The van der Waals surface area contributed by atoms with Crippen molar-refractivity contribution in [3.8, 4) is 34.5 Å².